The summed E-state index contributed by atoms with van der Waals surface area (Å²) in [6, 6.07) is 9.01. The topological polar surface area (TPSA) is 105 Å². The molecule has 2 aliphatic rings. The first-order chi connectivity index (χ1) is 17.5. The second-order valence-corrected chi connectivity index (χ2v) is 9.44. The molecule has 0 heterocycles. The number of carbonyl (C=O) groups is 4. The maximum Gasteiger partial charge on any atom is 0.330 e. The summed E-state index contributed by atoms with van der Waals surface area (Å²) >= 11 is 0. The van der Waals surface area contributed by atoms with Gasteiger partial charge in [-0.15, -0.1) is 0 Å². The minimum Gasteiger partial charge on any atom is -0.465 e. The zero-order valence-electron chi connectivity index (χ0n) is 20.7. The molecule has 196 valence electrons. The van der Waals surface area contributed by atoms with Gasteiger partial charge in [0.05, 0.1) is 31.0 Å². The Morgan fingerprint density at radius 3 is 1.86 bits per heavy atom. The Bertz CT molecular complexity index is 880. The lowest BCUT2D eigenvalue weighted by atomic mass is 9.82. The standard InChI is InChI=1S/C28H36O8/c1-2-25(29)33-18-6-7-19-34-26(30)20-14-16-24(17-15-20)36-28(32)22-12-10-21(11-13-22)27(31)35-23-8-4-3-5-9-23/h2-5,8-9,20-22,24H,1,6-7,10-19H2. The summed E-state index contributed by atoms with van der Waals surface area (Å²) in [5.74, 6) is -1.15. The molecular weight excluding hydrogens is 464 g/mol. The number of esters is 4. The number of hydrogen-bond donors (Lipinski definition) is 0. The van der Waals surface area contributed by atoms with E-state index in [4.69, 9.17) is 18.9 Å². The van der Waals surface area contributed by atoms with Crippen molar-refractivity contribution in [2.75, 3.05) is 13.2 Å². The van der Waals surface area contributed by atoms with E-state index in [1.54, 1.807) is 12.1 Å². The van der Waals surface area contributed by atoms with E-state index in [0.29, 0.717) is 76.6 Å². The molecule has 0 N–H and O–H groups in total. The van der Waals surface area contributed by atoms with Crippen LogP contribution in [-0.2, 0) is 33.4 Å². The van der Waals surface area contributed by atoms with E-state index >= 15 is 0 Å². The maximum atomic E-state index is 12.7. The van der Waals surface area contributed by atoms with Crippen LogP contribution in [0, 0.1) is 17.8 Å². The fraction of sp³-hybridized carbons (Fsp3) is 0.571. The van der Waals surface area contributed by atoms with Crippen LogP contribution < -0.4 is 4.74 Å². The van der Waals surface area contributed by atoms with Crippen molar-refractivity contribution in [1.82, 2.24) is 0 Å². The molecule has 0 spiro atoms. The van der Waals surface area contributed by atoms with Crippen LogP contribution in [0.15, 0.2) is 43.0 Å². The average molecular weight is 501 g/mol. The van der Waals surface area contributed by atoms with E-state index in [-0.39, 0.29) is 48.4 Å². The molecule has 0 radical (unpaired) electrons. The zero-order chi connectivity index (χ0) is 25.8. The third-order valence-corrected chi connectivity index (χ3v) is 6.84. The molecule has 8 heteroatoms. The number of benzene rings is 1. The van der Waals surface area contributed by atoms with Gasteiger partial charge in [-0.25, -0.2) is 4.79 Å². The molecule has 0 atom stereocenters. The summed E-state index contributed by atoms with van der Waals surface area (Å²) in [7, 11) is 0. The third-order valence-electron chi connectivity index (χ3n) is 6.84. The molecule has 0 aromatic heterocycles. The minimum atomic E-state index is -0.458. The van der Waals surface area contributed by atoms with Crippen LogP contribution >= 0.6 is 0 Å². The van der Waals surface area contributed by atoms with Gasteiger partial charge >= 0.3 is 23.9 Å². The van der Waals surface area contributed by atoms with E-state index in [9.17, 15) is 19.2 Å². The van der Waals surface area contributed by atoms with Crippen molar-refractivity contribution in [1.29, 1.82) is 0 Å². The summed E-state index contributed by atoms with van der Waals surface area (Å²) in [6.45, 7) is 3.90. The molecule has 0 unspecified atom stereocenters. The Balaban J connectivity index is 1.27. The zero-order valence-corrected chi connectivity index (χ0v) is 20.7. The van der Waals surface area contributed by atoms with Crippen LogP contribution in [0.25, 0.3) is 0 Å². The van der Waals surface area contributed by atoms with Gasteiger partial charge in [0, 0.05) is 6.08 Å². The van der Waals surface area contributed by atoms with Crippen molar-refractivity contribution in [3.05, 3.63) is 43.0 Å². The van der Waals surface area contributed by atoms with E-state index in [0.717, 1.165) is 6.08 Å². The largest absolute Gasteiger partial charge is 0.465 e. The van der Waals surface area contributed by atoms with Crippen LogP contribution in [0.1, 0.15) is 64.2 Å². The number of hydrogen-bond acceptors (Lipinski definition) is 8. The van der Waals surface area contributed by atoms with Crippen molar-refractivity contribution in [3.63, 3.8) is 0 Å². The first-order valence-electron chi connectivity index (χ1n) is 12.9. The molecule has 1 aromatic rings. The highest BCUT2D eigenvalue weighted by atomic mass is 16.6. The first kappa shape index (κ1) is 27.4. The number of carbonyl (C=O) groups excluding carboxylic acids is 4. The fourth-order valence-electron chi connectivity index (χ4n) is 4.66. The third kappa shape index (κ3) is 8.81. The number of unbranched alkanes of at least 4 members (excludes halogenated alkanes) is 1. The van der Waals surface area contributed by atoms with Gasteiger partial charge in [0.1, 0.15) is 11.9 Å². The lowest BCUT2D eigenvalue weighted by Gasteiger charge is -2.30. The Hall–Kier alpha value is -3.16. The highest BCUT2D eigenvalue weighted by molar-refractivity contribution is 5.81. The summed E-state index contributed by atoms with van der Waals surface area (Å²) in [5, 5.41) is 0. The Morgan fingerprint density at radius 1 is 0.722 bits per heavy atom. The monoisotopic (exact) mass is 500 g/mol. The fourth-order valence-corrected chi connectivity index (χ4v) is 4.66. The van der Waals surface area contributed by atoms with Crippen molar-refractivity contribution in [3.8, 4) is 5.75 Å². The maximum absolute atomic E-state index is 12.7. The summed E-state index contributed by atoms with van der Waals surface area (Å²) in [6.07, 6.45) is 7.17. The van der Waals surface area contributed by atoms with Gasteiger partial charge in [-0.1, -0.05) is 24.8 Å². The van der Waals surface area contributed by atoms with Gasteiger partial charge in [-0.3, -0.25) is 14.4 Å². The lowest BCUT2D eigenvalue weighted by molar-refractivity contribution is -0.160. The molecule has 2 aliphatic carbocycles. The number of rotatable bonds is 11. The van der Waals surface area contributed by atoms with Gasteiger partial charge < -0.3 is 18.9 Å². The first-order valence-corrected chi connectivity index (χ1v) is 12.9. The van der Waals surface area contributed by atoms with E-state index in [2.05, 4.69) is 6.58 Å². The van der Waals surface area contributed by atoms with Crippen LogP contribution in [0.4, 0.5) is 0 Å². The second kappa shape index (κ2) is 14.4. The van der Waals surface area contributed by atoms with Crippen molar-refractivity contribution < 1.29 is 38.1 Å². The molecule has 0 bridgehead atoms. The molecule has 8 nitrogen and oxygen atoms in total. The van der Waals surface area contributed by atoms with E-state index < -0.39 is 5.97 Å². The number of ether oxygens (including phenoxy) is 4. The molecule has 36 heavy (non-hydrogen) atoms. The van der Waals surface area contributed by atoms with E-state index in [1.165, 1.54) is 0 Å². The Labute approximate surface area is 212 Å². The molecule has 0 aliphatic heterocycles. The van der Waals surface area contributed by atoms with Crippen molar-refractivity contribution in [2.24, 2.45) is 17.8 Å². The van der Waals surface area contributed by atoms with Crippen LogP contribution in [0.5, 0.6) is 5.75 Å². The molecule has 3 rings (SSSR count). The normalized spacial score (nSPS) is 23.7. The molecule has 1 aromatic carbocycles. The van der Waals surface area contributed by atoms with Gasteiger partial charge in [-0.05, 0) is 76.3 Å². The van der Waals surface area contributed by atoms with Crippen molar-refractivity contribution in [2.45, 2.75) is 70.3 Å². The predicted octanol–water partition coefficient (Wildman–Crippen LogP) is 4.55. The molecule has 0 amide bonds. The summed E-state index contributed by atoms with van der Waals surface area (Å²) < 4.78 is 21.4. The smallest absolute Gasteiger partial charge is 0.330 e. The van der Waals surface area contributed by atoms with Gasteiger partial charge in [0.2, 0.25) is 0 Å². The highest BCUT2D eigenvalue weighted by Gasteiger charge is 2.34. The molecular formula is C28H36O8. The average Bonchev–Trinajstić information content (AvgIpc) is 2.91. The van der Waals surface area contributed by atoms with E-state index in [1.807, 2.05) is 18.2 Å². The lowest BCUT2D eigenvalue weighted by Crippen LogP contribution is -2.33. The van der Waals surface area contributed by atoms with Crippen LogP contribution in [0.2, 0.25) is 0 Å². The second-order valence-electron chi connectivity index (χ2n) is 9.44. The summed E-state index contributed by atoms with van der Waals surface area (Å²) in [4.78, 5) is 48.3. The predicted molar refractivity (Wildman–Crippen MR) is 131 cm³/mol. The molecule has 0 saturated heterocycles. The van der Waals surface area contributed by atoms with Crippen LogP contribution in [0.3, 0.4) is 0 Å². The minimum absolute atomic E-state index is 0.176. The quantitative estimate of drug-likeness (QED) is 0.143. The SMILES string of the molecule is C=CC(=O)OCCCCOC(=O)C1CCC(OC(=O)C2CCC(C(=O)Oc3ccccc3)CC2)CC1. The van der Waals surface area contributed by atoms with Crippen LogP contribution in [-0.4, -0.2) is 43.2 Å². The highest BCUT2D eigenvalue weighted by Crippen LogP contribution is 2.33. The Kier molecular flexibility index (Phi) is 11.0. The van der Waals surface area contributed by atoms with Gasteiger partial charge in [0.15, 0.2) is 0 Å². The van der Waals surface area contributed by atoms with Gasteiger partial charge in [0.25, 0.3) is 0 Å². The van der Waals surface area contributed by atoms with Gasteiger partial charge in [-0.2, -0.15) is 0 Å². The Morgan fingerprint density at radius 2 is 1.25 bits per heavy atom. The molecule has 2 fully saturated rings. The number of para-hydroxylation sites is 1. The van der Waals surface area contributed by atoms with Crippen molar-refractivity contribution >= 4 is 23.9 Å². The molecule has 2 saturated carbocycles. The summed E-state index contributed by atoms with van der Waals surface area (Å²) in [5.41, 5.74) is 0.